The van der Waals surface area contributed by atoms with Gasteiger partial charge in [-0.1, -0.05) is 48.6 Å². The summed E-state index contributed by atoms with van der Waals surface area (Å²) >= 11 is 5.73. The molecule has 45 heavy (non-hydrogen) atoms. The zero-order chi connectivity index (χ0) is 32.6. The van der Waals surface area contributed by atoms with E-state index in [4.69, 9.17) is 16.3 Å². The first-order valence-electron chi connectivity index (χ1n) is 14.1. The van der Waals surface area contributed by atoms with Crippen molar-refractivity contribution >= 4 is 45.3 Å². The first-order valence-corrected chi connectivity index (χ1v) is 15.9. The van der Waals surface area contributed by atoms with Crippen LogP contribution < -0.4 is 19.8 Å². The Labute approximate surface area is 264 Å². The number of alkyl halides is 3. The Hall–Kier alpha value is -4.10. The zero-order valence-corrected chi connectivity index (χ0v) is 25.9. The molecule has 3 aromatic carbocycles. The lowest BCUT2D eigenvalue weighted by molar-refractivity contribution is -0.137. The summed E-state index contributed by atoms with van der Waals surface area (Å²) in [5, 5.41) is 6.20. The highest BCUT2D eigenvalue weighted by Gasteiger charge is 2.35. The van der Waals surface area contributed by atoms with Crippen LogP contribution in [0.25, 0.3) is 0 Å². The van der Waals surface area contributed by atoms with Crippen molar-refractivity contribution in [3.63, 3.8) is 0 Å². The van der Waals surface area contributed by atoms with Crippen molar-refractivity contribution in [2.24, 2.45) is 5.10 Å². The van der Waals surface area contributed by atoms with Gasteiger partial charge in [-0.05, 0) is 79.9 Å². The highest BCUT2D eigenvalue weighted by molar-refractivity contribution is 7.92. The molecule has 0 saturated heterocycles. The zero-order valence-electron chi connectivity index (χ0n) is 24.3. The quantitative estimate of drug-likeness (QED) is 0.197. The second kappa shape index (κ2) is 14.8. The molecule has 1 aliphatic rings. The molecule has 0 unspecified atom stereocenters. The molecule has 0 aliphatic heterocycles. The normalized spacial score (nSPS) is 14.2. The van der Waals surface area contributed by atoms with Gasteiger partial charge in [0.15, 0.2) is 6.61 Å². The summed E-state index contributed by atoms with van der Waals surface area (Å²) in [6.07, 6.45) is 1.76. The van der Waals surface area contributed by atoms with E-state index >= 15 is 0 Å². The van der Waals surface area contributed by atoms with E-state index in [1.807, 2.05) is 0 Å². The van der Waals surface area contributed by atoms with Crippen LogP contribution in [0.5, 0.6) is 5.75 Å². The van der Waals surface area contributed by atoms with Crippen LogP contribution in [0, 0.1) is 6.92 Å². The van der Waals surface area contributed by atoms with Gasteiger partial charge in [0.05, 0.1) is 27.4 Å². The molecule has 3 aromatic rings. The monoisotopic (exact) mass is 664 g/mol. The Morgan fingerprint density at radius 1 is 1.00 bits per heavy atom. The lowest BCUT2D eigenvalue weighted by Gasteiger charge is -2.25. The Kier molecular flexibility index (Phi) is 11.1. The van der Waals surface area contributed by atoms with Gasteiger partial charge in [0.2, 0.25) is 0 Å². The van der Waals surface area contributed by atoms with Crippen LogP contribution in [0.2, 0.25) is 5.02 Å². The fourth-order valence-corrected chi connectivity index (χ4v) is 6.34. The number of hydrazone groups is 1. The number of anilines is 1. The van der Waals surface area contributed by atoms with E-state index in [0.717, 1.165) is 43.4 Å². The Morgan fingerprint density at radius 3 is 2.31 bits per heavy atom. The molecule has 240 valence electrons. The van der Waals surface area contributed by atoms with Crippen LogP contribution in [0.3, 0.4) is 0 Å². The molecule has 0 aromatic heterocycles. The third-order valence-electron chi connectivity index (χ3n) is 7.06. The SMILES string of the molecule is Cc1ccc(S(=O)(=O)N(CC(=O)N/N=C\c2ccc(OCC(=O)NC3CCCCC3)cc2)c2ccc(Cl)c(C(F)(F)F)c2)cc1. The molecule has 0 bridgehead atoms. The molecule has 9 nitrogen and oxygen atoms in total. The van der Waals surface area contributed by atoms with E-state index in [-0.39, 0.29) is 23.5 Å². The molecule has 14 heteroatoms. The van der Waals surface area contributed by atoms with Crippen LogP contribution in [0.1, 0.15) is 48.8 Å². The molecule has 0 atom stereocenters. The lowest BCUT2D eigenvalue weighted by atomic mass is 9.95. The molecule has 0 radical (unpaired) electrons. The number of nitrogens with one attached hydrogen (secondary N) is 2. The number of aryl methyl sites for hydroxylation is 1. The van der Waals surface area contributed by atoms with Gasteiger partial charge in [-0.25, -0.2) is 13.8 Å². The maximum atomic E-state index is 13.6. The van der Waals surface area contributed by atoms with Gasteiger partial charge in [0, 0.05) is 6.04 Å². The van der Waals surface area contributed by atoms with Crippen molar-refractivity contribution in [2.75, 3.05) is 17.5 Å². The van der Waals surface area contributed by atoms with Gasteiger partial charge in [-0.3, -0.25) is 13.9 Å². The fraction of sp³-hybridized carbons (Fsp3) is 0.323. The number of carbonyl (C=O) groups is 2. The summed E-state index contributed by atoms with van der Waals surface area (Å²) in [6, 6.07) is 14.9. The minimum Gasteiger partial charge on any atom is -0.484 e. The van der Waals surface area contributed by atoms with Crippen molar-refractivity contribution in [1.29, 1.82) is 0 Å². The number of hydrogen-bond donors (Lipinski definition) is 2. The molecule has 2 N–H and O–H groups in total. The molecule has 0 spiro atoms. The second-order valence-corrected chi connectivity index (χ2v) is 12.8. The maximum Gasteiger partial charge on any atom is 0.417 e. The summed E-state index contributed by atoms with van der Waals surface area (Å²) in [4.78, 5) is 24.7. The second-order valence-electron chi connectivity index (χ2n) is 10.5. The van der Waals surface area contributed by atoms with E-state index in [1.54, 1.807) is 31.2 Å². The van der Waals surface area contributed by atoms with E-state index < -0.39 is 44.9 Å². The van der Waals surface area contributed by atoms with Crippen LogP contribution in [0.4, 0.5) is 18.9 Å². The molecule has 1 fully saturated rings. The predicted molar refractivity (Wildman–Crippen MR) is 165 cm³/mol. The van der Waals surface area contributed by atoms with E-state index in [0.29, 0.717) is 21.7 Å². The third kappa shape index (κ3) is 9.44. The predicted octanol–water partition coefficient (Wildman–Crippen LogP) is 5.84. The Balaban J connectivity index is 1.41. The topological polar surface area (TPSA) is 117 Å². The molecular weight excluding hydrogens is 633 g/mol. The summed E-state index contributed by atoms with van der Waals surface area (Å²) in [5.41, 5.74) is 1.86. The van der Waals surface area contributed by atoms with Crippen molar-refractivity contribution in [3.8, 4) is 5.75 Å². The van der Waals surface area contributed by atoms with Crippen LogP contribution >= 0.6 is 11.6 Å². The molecule has 1 aliphatic carbocycles. The van der Waals surface area contributed by atoms with Crippen molar-refractivity contribution < 1.29 is 35.9 Å². The summed E-state index contributed by atoms with van der Waals surface area (Å²) < 4.78 is 73.8. The highest BCUT2D eigenvalue weighted by atomic mass is 35.5. The number of ether oxygens (including phenoxy) is 1. The molecular formula is C31H32ClF3N4O5S. The molecule has 4 rings (SSSR count). The van der Waals surface area contributed by atoms with E-state index in [2.05, 4.69) is 15.8 Å². The average Bonchev–Trinajstić information content (AvgIpc) is 3.00. The number of carbonyl (C=O) groups excluding carboxylic acids is 2. The summed E-state index contributed by atoms with van der Waals surface area (Å²) in [6.45, 7) is 0.745. The van der Waals surface area contributed by atoms with Crippen LogP contribution in [-0.2, 0) is 25.8 Å². The van der Waals surface area contributed by atoms with E-state index in [1.165, 1.54) is 36.9 Å². The number of halogens is 4. The lowest BCUT2D eigenvalue weighted by Crippen LogP contribution is -2.39. The summed E-state index contributed by atoms with van der Waals surface area (Å²) in [7, 11) is -4.48. The first-order chi connectivity index (χ1) is 21.3. The van der Waals surface area contributed by atoms with Gasteiger partial charge < -0.3 is 10.1 Å². The van der Waals surface area contributed by atoms with Gasteiger partial charge in [-0.2, -0.15) is 18.3 Å². The largest absolute Gasteiger partial charge is 0.484 e. The average molecular weight is 665 g/mol. The van der Waals surface area contributed by atoms with Crippen molar-refractivity contribution in [3.05, 3.63) is 88.4 Å². The summed E-state index contributed by atoms with van der Waals surface area (Å²) in [5.74, 6) is -0.649. The number of hydrogen-bond acceptors (Lipinski definition) is 6. The number of nitrogens with zero attached hydrogens (tertiary/aromatic N) is 2. The van der Waals surface area contributed by atoms with Gasteiger partial charge in [-0.15, -0.1) is 0 Å². The fourth-order valence-electron chi connectivity index (χ4n) is 4.70. The number of rotatable bonds is 11. The molecule has 1 saturated carbocycles. The molecule has 0 heterocycles. The van der Waals surface area contributed by atoms with Gasteiger partial charge >= 0.3 is 6.18 Å². The third-order valence-corrected chi connectivity index (χ3v) is 9.18. The standard InChI is InChI=1S/C31H32ClF3N4O5S/c1-21-7-14-26(15-8-21)45(42,43)39(24-11-16-28(32)27(17-24)31(33,34)35)19-29(40)38-36-18-22-9-12-25(13-10-22)44-20-30(41)37-23-5-3-2-4-6-23/h7-18,23H,2-6,19-20H2,1H3,(H,37,41)(H,38,40)/b36-18-. The molecule has 2 amide bonds. The number of amides is 2. The first kappa shape index (κ1) is 33.8. The Morgan fingerprint density at radius 2 is 1.67 bits per heavy atom. The van der Waals surface area contributed by atoms with Crippen molar-refractivity contribution in [2.45, 2.75) is 56.1 Å². The minimum absolute atomic E-state index is 0.125. The number of sulfonamides is 1. The number of benzene rings is 3. The Bertz CT molecular complexity index is 1630. The van der Waals surface area contributed by atoms with Crippen LogP contribution in [0.15, 0.2) is 76.7 Å². The highest BCUT2D eigenvalue weighted by Crippen LogP contribution is 2.38. The minimum atomic E-state index is -4.86. The van der Waals surface area contributed by atoms with Gasteiger partial charge in [0.25, 0.3) is 21.8 Å². The van der Waals surface area contributed by atoms with Crippen LogP contribution in [-0.4, -0.2) is 45.6 Å². The maximum absolute atomic E-state index is 13.6. The van der Waals surface area contributed by atoms with Gasteiger partial charge in [0.1, 0.15) is 12.3 Å². The van der Waals surface area contributed by atoms with Crippen molar-refractivity contribution in [1.82, 2.24) is 10.7 Å². The smallest absolute Gasteiger partial charge is 0.417 e. The van der Waals surface area contributed by atoms with E-state index in [9.17, 15) is 31.2 Å².